The van der Waals surface area contributed by atoms with Crippen LogP contribution in [0.3, 0.4) is 0 Å². The van der Waals surface area contributed by atoms with Gasteiger partial charge in [0.1, 0.15) is 0 Å². The summed E-state index contributed by atoms with van der Waals surface area (Å²) < 4.78 is 5.24. The molecule has 1 aliphatic rings. The molecule has 100 valence electrons. The first-order valence-corrected chi connectivity index (χ1v) is 6.53. The molecule has 0 aliphatic heterocycles. The number of aromatic nitrogens is 2. The second kappa shape index (κ2) is 3.59. The van der Waals surface area contributed by atoms with Crippen LogP contribution in [0.5, 0.6) is 0 Å². The van der Waals surface area contributed by atoms with Crippen molar-refractivity contribution in [1.82, 2.24) is 10.1 Å². The van der Waals surface area contributed by atoms with Crippen molar-refractivity contribution < 1.29 is 4.52 Å². The van der Waals surface area contributed by atoms with Gasteiger partial charge in [-0.05, 0) is 16.9 Å². The van der Waals surface area contributed by atoms with Crippen molar-refractivity contribution in [3.8, 4) is 11.1 Å². The molecular formula is C15H19N3O. The van der Waals surface area contributed by atoms with Crippen molar-refractivity contribution >= 4 is 5.88 Å². The fraction of sp³-hybridized carbons (Fsp3) is 0.467. The lowest BCUT2D eigenvalue weighted by molar-refractivity contribution is 0.423. The Labute approximate surface area is 113 Å². The average molecular weight is 257 g/mol. The highest BCUT2D eigenvalue weighted by Gasteiger charge is 2.67. The number of hydrogen-bond acceptors (Lipinski definition) is 4. The zero-order chi connectivity index (χ0) is 13.8. The SMILES string of the molecule is CC1(C)C(c2noc(N)c2-c2cccnc2)C1(C)C. The maximum Gasteiger partial charge on any atom is 0.230 e. The summed E-state index contributed by atoms with van der Waals surface area (Å²) in [6.07, 6.45) is 3.55. The van der Waals surface area contributed by atoms with Crippen LogP contribution in [0.15, 0.2) is 29.0 Å². The monoisotopic (exact) mass is 257 g/mol. The smallest absolute Gasteiger partial charge is 0.230 e. The first kappa shape index (κ1) is 12.2. The zero-order valence-electron chi connectivity index (χ0n) is 11.8. The molecule has 0 saturated heterocycles. The number of rotatable bonds is 2. The molecule has 4 nitrogen and oxygen atoms in total. The second-order valence-corrected chi connectivity index (χ2v) is 6.43. The van der Waals surface area contributed by atoms with Gasteiger partial charge in [-0.3, -0.25) is 4.98 Å². The third-order valence-corrected chi connectivity index (χ3v) is 4.99. The Morgan fingerprint density at radius 3 is 2.42 bits per heavy atom. The molecule has 3 rings (SSSR count). The van der Waals surface area contributed by atoms with E-state index >= 15 is 0 Å². The van der Waals surface area contributed by atoms with Gasteiger partial charge >= 0.3 is 0 Å². The molecule has 1 fully saturated rings. The van der Waals surface area contributed by atoms with E-state index in [0.717, 1.165) is 16.8 Å². The Bertz CT molecular complexity index is 600. The summed E-state index contributed by atoms with van der Waals surface area (Å²) in [4.78, 5) is 4.15. The largest absolute Gasteiger partial charge is 0.367 e. The van der Waals surface area contributed by atoms with Gasteiger partial charge in [0.05, 0.1) is 11.3 Å². The van der Waals surface area contributed by atoms with Gasteiger partial charge in [-0.1, -0.05) is 38.9 Å². The summed E-state index contributed by atoms with van der Waals surface area (Å²) in [5.74, 6) is 0.734. The normalized spacial score (nSPS) is 20.4. The molecular weight excluding hydrogens is 238 g/mol. The lowest BCUT2D eigenvalue weighted by Crippen LogP contribution is -1.95. The van der Waals surface area contributed by atoms with Crippen LogP contribution in [0.2, 0.25) is 0 Å². The van der Waals surface area contributed by atoms with Gasteiger partial charge in [0.25, 0.3) is 0 Å². The third-order valence-electron chi connectivity index (χ3n) is 4.99. The van der Waals surface area contributed by atoms with Crippen LogP contribution in [-0.4, -0.2) is 10.1 Å². The van der Waals surface area contributed by atoms with Gasteiger partial charge in [0.2, 0.25) is 5.88 Å². The highest BCUT2D eigenvalue weighted by atomic mass is 16.5. The Kier molecular flexibility index (Phi) is 2.31. The summed E-state index contributed by atoms with van der Waals surface area (Å²) in [5.41, 5.74) is 9.19. The Morgan fingerprint density at radius 1 is 1.21 bits per heavy atom. The molecule has 2 aromatic rings. The predicted octanol–water partition coefficient (Wildman–Crippen LogP) is 3.47. The van der Waals surface area contributed by atoms with Crippen molar-refractivity contribution in [1.29, 1.82) is 0 Å². The molecule has 2 heterocycles. The lowest BCUT2D eigenvalue weighted by atomic mass is 10.0. The van der Waals surface area contributed by atoms with Crippen molar-refractivity contribution in [3.05, 3.63) is 30.2 Å². The van der Waals surface area contributed by atoms with Crippen LogP contribution in [0.4, 0.5) is 5.88 Å². The van der Waals surface area contributed by atoms with E-state index in [2.05, 4.69) is 37.8 Å². The third kappa shape index (κ3) is 1.52. The molecule has 0 bridgehead atoms. The molecule has 1 saturated carbocycles. The molecule has 2 aromatic heterocycles. The van der Waals surface area contributed by atoms with Crippen LogP contribution in [0.25, 0.3) is 11.1 Å². The van der Waals surface area contributed by atoms with Crippen LogP contribution < -0.4 is 5.73 Å². The molecule has 4 heteroatoms. The van der Waals surface area contributed by atoms with Crippen molar-refractivity contribution in [2.75, 3.05) is 5.73 Å². The van der Waals surface area contributed by atoms with Gasteiger partial charge in [0.15, 0.2) is 0 Å². The van der Waals surface area contributed by atoms with E-state index in [9.17, 15) is 0 Å². The first-order valence-electron chi connectivity index (χ1n) is 6.53. The summed E-state index contributed by atoms with van der Waals surface area (Å²) in [6, 6.07) is 3.89. The summed E-state index contributed by atoms with van der Waals surface area (Å²) >= 11 is 0. The number of nitrogen functional groups attached to an aromatic ring is 1. The highest BCUT2D eigenvalue weighted by Crippen LogP contribution is 2.74. The number of anilines is 1. The zero-order valence-corrected chi connectivity index (χ0v) is 11.8. The number of hydrogen-bond donors (Lipinski definition) is 1. The van der Waals surface area contributed by atoms with Crippen LogP contribution in [0.1, 0.15) is 39.3 Å². The Balaban J connectivity index is 2.12. The van der Waals surface area contributed by atoms with E-state index < -0.39 is 0 Å². The minimum Gasteiger partial charge on any atom is -0.367 e. The van der Waals surface area contributed by atoms with Crippen molar-refractivity contribution in [3.63, 3.8) is 0 Å². The van der Waals surface area contributed by atoms with Gasteiger partial charge in [-0.15, -0.1) is 0 Å². The fourth-order valence-electron chi connectivity index (χ4n) is 3.19. The second-order valence-electron chi connectivity index (χ2n) is 6.43. The van der Waals surface area contributed by atoms with Crippen molar-refractivity contribution in [2.24, 2.45) is 10.8 Å². The van der Waals surface area contributed by atoms with Gasteiger partial charge in [-0.25, -0.2) is 0 Å². The number of pyridine rings is 1. The van der Waals surface area contributed by atoms with E-state index in [1.165, 1.54) is 0 Å². The van der Waals surface area contributed by atoms with E-state index in [1.807, 2.05) is 12.1 Å². The number of nitrogens with two attached hydrogens (primary N) is 1. The Hall–Kier alpha value is -1.84. The topological polar surface area (TPSA) is 64.9 Å². The lowest BCUT2D eigenvalue weighted by Gasteiger charge is -2.03. The number of nitrogens with zero attached hydrogens (tertiary/aromatic N) is 2. The minimum atomic E-state index is 0.202. The maximum absolute atomic E-state index is 5.96. The van der Waals surface area contributed by atoms with Gasteiger partial charge < -0.3 is 10.3 Å². The van der Waals surface area contributed by atoms with E-state index in [-0.39, 0.29) is 10.8 Å². The summed E-state index contributed by atoms with van der Waals surface area (Å²) in [5, 5.41) is 4.22. The maximum atomic E-state index is 5.96. The minimum absolute atomic E-state index is 0.202. The summed E-state index contributed by atoms with van der Waals surface area (Å²) in [7, 11) is 0. The highest BCUT2D eigenvalue weighted by molar-refractivity contribution is 5.75. The molecule has 0 spiro atoms. The quantitative estimate of drug-likeness (QED) is 0.894. The van der Waals surface area contributed by atoms with Crippen LogP contribution in [-0.2, 0) is 0 Å². The molecule has 0 unspecified atom stereocenters. The molecule has 0 atom stereocenters. The van der Waals surface area contributed by atoms with Gasteiger partial charge in [0, 0.05) is 23.9 Å². The fourth-order valence-corrected chi connectivity index (χ4v) is 3.19. The standard InChI is InChI=1S/C15H19N3O/c1-14(2)12(15(14,3)4)11-10(13(16)19-18-11)9-6-5-7-17-8-9/h5-8,12H,16H2,1-4H3. The molecule has 0 radical (unpaired) electrons. The van der Waals surface area contributed by atoms with Gasteiger partial charge in [-0.2, -0.15) is 0 Å². The molecule has 2 N–H and O–H groups in total. The molecule has 0 amide bonds. The van der Waals surface area contributed by atoms with Crippen LogP contribution in [0, 0.1) is 10.8 Å². The Morgan fingerprint density at radius 2 is 1.89 bits per heavy atom. The molecule has 1 aliphatic carbocycles. The van der Waals surface area contributed by atoms with E-state index in [1.54, 1.807) is 12.4 Å². The average Bonchev–Trinajstić information content (AvgIpc) is 2.64. The predicted molar refractivity (Wildman–Crippen MR) is 74.4 cm³/mol. The van der Waals surface area contributed by atoms with E-state index in [0.29, 0.717) is 11.8 Å². The molecule has 0 aromatic carbocycles. The summed E-state index contributed by atoms with van der Waals surface area (Å²) in [6.45, 7) is 9.04. The van der Waals surface area contributed by atoms with Crippen LogP contribution >= 0.6 is 0 Å². The van der Waals surface area contributed by atoms with Crippen molar-refractivity contribution in [2.45, 2.75) is 33.6 Å². The van der Waals surface area contributed by atoms with E-state index in [4.69, 9.17) is 10.3 Å². The molecule has 19 heavy (non-hydrogen) atoms. The first-order chi connectivity index (χ1) is 8.87.